The lowest BCUT2D eigenvalue weighted by Crippen LogP contribution is -2.08. The SMILES string of the molecule is CCCCOCCOc1ccc(CN)cc1C. The highest BCUT2D eigenvalue weighted by molar-refractivity contribution is 5.36. The normalized spacial score (nSPS) is 10.5. The molecule has 0 saturated carbocycles. The van der Waals surface area contributed by atoms with E-state index in [1.54, 1.807) is 0 Å². The average molecular weight is 237 g/mol. The second-order valence-electron chi connectivity index (χ2n) is 4.12. The number of ether oxygens (including phenoxy) is 2. The molecular weight excluding hydrogens is 214 g/mol. The fraction of sp³-hybridized carbons (Fsp3) is 0.571. The summed E-state index contributed by atoms with van der Waals surface area (Å²) in [5.41, 5.74) is 7.84. The molecule has 17 heavy (non-hydrogen) atoms. The summed E-state index contributed by atoms with van der Waals surface area (Å²) in [6, 6.07) is 6.04. The standard InChI is InChI=1S/C14H23NO2/c1-3-4-7-16-8-9-17-14-6-5-13(11-15)10-12(14)2/h5-6,10H,3-4,7-9,11,15H2,1-2H3. The maximum atomic E-state index is 5.65. The van der Waals surface area contributed by atoms with Crippen LogP contribution in [-0.4, -0.2) is 19.8 Å². The molecule has 0 aromatic heterocycles. The number of aryl methyl sites for hydroxylation is 1. The zero-order valence-electron chi connectivity index (χ0n) is 10.9. The minimum absolute atomic E-state index is 0.571. The Morgan fingerprint density at radius 3 is 2.65 bits per heavy atom. The van der Waals surface area contributed by atoms with Gasteiger partial charge in [0.2, 0.25) is 0 Å². The third-order valence-electron chi connectivity index (χ3n) is 2.60. The summed E-state index contributed by atoms with van der Waals surface area (Å²) in [6.07, 6.45) is 2.28. The van der Waals surface area contributed by atoms with E-state index in [0.29, 0.717) is 19.8 Å². The zero-order valence-corrected chi connectivity index (χ0v) is 10.9. The highest BCUT2D eigenvalue weighted by Gasteiger charge is 2.00. The summed E-state index contributed by atoms with van der Waals surface area (Å²) in [5, 5.41) is 0. The van der Waals surface area contributed by atoms with Crippen LogP contribution >= 0.6 is 0 Å². The van der Waals surface area contributed by atoms with Crippen LogP contribution in [0.15, 0.2) is 18.2 Å². The van der Waals surface area contributed by atoms with Gasteiger partial charge < -0.3 is 15.2 Å². The summed E-state index contributed by atoms with van der Waals surface area (Å²) in [6.45, 7) is 6.84. The van der Waals surface area contributed by atoms with Crippen molar-refractivity contribution < 1.29 is 9.47 Å². The van der Waals surface area contributed by atoms with Crippen molar-refractivity contribution >= 4 is 0 Å². The molecule has 1 aromatic carbocycles. The minimum atomic E-state index is 0.571. The quantitative estimate of drug-likeness (QED) is 0.707. The van der Waals surface area contributed by atoms with E-state index in [1.807, 2.05) is 19.1 Å². The first-order chi connectivity index (χ1) is 8.27. The van der Waals surface area contributed by atoms with Crippen molar-refractivity contribution in [3.8, 4) is 5.75 Å². The molecule has 0 heterocycles. The predicted molar refractivity (Wildman–Crippen MR) is 70.3 cm³/mol. The van der Waals surface area contributed by atoms with Crippen molar-refractivity contribution in [3.63, 3.8) is 0 Å². The van der Waals surface area contributed by atoms with Crippen LogP contribution in [-0.2, 0) is 11.3 Å². The maximum Gasteiger partial charge on any atom is 0.122 e. The third-order valence-corrected chi connectivity index (χ3v) is 2.60. The Bertz CT molecular complexity index is 326. The lowest BCUT2D eigenvalue weighted by atomic mass is 10.1. The average Bonchev–Trinajstić information content (AvgIpc) is 2.35. The van der Waals surface area contributed by atoms with Crippen LogP contribution in [0.5, 0.6) is 5.75 Å². The number of hydrogen-bond acceptors (Lipinski definition) is 3. The van der Waals surface area contributed by atoms with Crippen LogP contribution in [0.4, 0.5) is 0 Å². The van der Waals surface area contributed by atoms with E-state index in [9.17, 15) is 0 Å². The van der Waals surface area contributed by atoms with Crippen LogP contribution in [0.25, 0.3) is 0 Å². The molecule has 0 amide bonds. The van der Waals surface area contributed by atoms with Gasteiger partial charge in [-0.2, -0.15) is 0 Å². The Hall–Kier alpha value is -1.06. The van der Waals surface area contributed by atoms with Gasteiger partial charge in [0, 0.05) is 13.2 Å². The van der Waals surface area contributed by atoms with E-state index in [2.05, 4.69) is 13.0 Å². The van der Waals surface area contributed by atoms with E-state index in [-0.39, 0.29) is 0 Å². The number of rotatable bonds is 8. The monoisotopic (exact) mass is 237 g/mol. The zero-order chi connectivity index (χ0) is 12.5. The first-order valence-corrected chi connectivity index (χ1v) is 6.28. The van der Waals surface area contributed by atoms with Gasteiger partial charge in [-0.05, 0) is 30.5 Å². The van der Waals surface area contributed by atoms with Crippen molar-refractivity contribution in [2.24, 2.45) is 5.73 Å². The number of hydrogen-bond donors (Lipinski definition) is 1. The van der Waals surface area contributed by atoms with E-state index < -0.39 is 0 Å². The molecule has 1 aromatic rings. The Morgan fingerprint density at radius 2 is 2.00 bits per heavy atom. The van der Waals surface area contributed by atoms with Gasteiger partial charge in [0.25, 0.3) is 0 Å². The fourth-order valence-electron chi connectivity index (χ4n) is 1.56. The van der Waals surface area contributed by atoms with Gasteiger partial charge in [0.15, 0.2) is 0 Å². The molecule has 0 spiro atoms. The highest BCUT2D eigenvalue weighted by atomic mass is 16.5. The second-order valence-corrected chi connectivity index (χ2v) is 4.12. The molecular formula is C14H23NO2. The fourth-order valence-corrected chi connectivity index (χ4v) is 1.56. The Balaban J connectivity index is 2.27. The van der Waals surface area contributed by atoms with Gasteiger partial charge in [-0.1, -0.05) is 25.5 Å². The van der Waals surface area contributed by atoms with Crippen molar-refractivity contribution in [2.75, 3.05) is 19.8 Å². The van der Waals surface area contributed by atoms with E-state index in [4.69, 9.17) is 15.2 Å². The lowest BCUT2D eigenvalue weighted by Gasteiger charge is -2.10. The molecule has 2 N–H and O–H groups in total. The summed E-state index contributed by atoms with van der Waals surface area (Å²) >= 11 is 0. The van der Waals surface area contributed by atoms with Gasteiger partial charge in [-0.25, -0.2) is 0 Å². The largest absolute Gasteiger partial charge is 0.491 e. The van der Waals surface area contributed by atoms with Crippen LogP contribution in [0.3, 0.4) is 0 Å². The van der Waals surface area contributed by atoms with Crippen molar-refractivity contribution in [3.05, 3.63) is 29.3 Å². The molecule has 0 saturated heterocycles. The molecule has 0 fully saturated rings. The molecule has 0 bridgehead atoms. The molecule has 3 heteroatoms. The molecule has 0 unspecified atom stereocenters. The molecule has 0 aliphatic heterocycles. The first kappa shape index (κ1) is 14.0. The van der Waals surface area contributed by atoms with E-state index in [0.717, 1.165) is 29.9 Å². The minimum Gasteiger partial charge on any atom is -0.491 e. The smallest absolute Gasteiger partial charge is 0.122 e. The van der Waals surface area contributed by atoms with Crippen LogP contribution in [0.1, 0.15) is 30.9 Å². The molecule has 1 rings (SSSR count). The summed E-state index contributed by atoms with van der Waals surface area (Å²) in [7, 11) is 0. The molecule has 0 aliphatic rings. The van der Waals surface area contributed by atoms with E-state index in [1.165, 1.54) is 6.42 Å². The Morgan fingerprint density at radius 1 is 1.18 bits per heavy atom. The Kier molecular flexibility index (Phi) is 6.67. The summed E-state index contributed by atoms with van der Waals surface area (Å²) in [5.74, 6) is 0.918. The van der Waals surface area contributed by atoms with Gasteiger partial charge in [-0.3, -0.25) is 0 Å². The topological polar surface area (TPSA) is 44.5 Å². The van der Waals surface area contributed by atoms with Gasteiger partial charge in [0.05, 0.1) is 6.61 Å². The third kappa shape index (κ3) is 5.20. The number of unbranched alkanes of at least 4 members (excludes halogenated alkanes) is 1. The van der Waals surface area contributed by atoms with Crippen LogP contribution in [0, 0.1) is 6.92 Å². The maximum absolute atomic E-state index is 5.65. The molecule has 0 atom stereocenters. The predicted octanol–water partition coefficient (Wildman–Crippen LogP) is 2.65. The second kappa shape index (κ2) is 8.09. The van der Waals surface area contributed by atoms with Crippen LogP contribution in [0.2, 0.25) is 0 Å². The lowest BCUT2D eigenvalue weighted by molar-refractivity contribution is 0.0978. The van der Waals surface area contributed by atoms with Crippen LogP contribution < -0.4 is 10.5 Å². The van der Waals surface area contributed by atoms with E-state index >= 15 is 0 Å². The van der Waals surface area contributed by atoms with Crippen molar-refractivity contribution in [1.29, 1.82) is 0 Å². The summed E-state index contributed by atoms with van der Waals surface area (Å²) in [4.78, 5) is 0. The number of benzene rings is 1. The molecule has 96 valence electrons. The van der Waals surface area contributed by atoms with Crippen molar-refractivity contribution in [1.82, 2.24) is 0 Å². The summed E-state index contributed by atoms with van der Waals surface area (Å²) < 4.78 is 11.1. The molecule has 0 aliphatic carbocycles. The van der Waals surface area contributed by atoms with Gasteiger partial charge >= 0.3 is 0 Å². The van der Waals surface area contributed by atoms with Gasteiger partial charge in [-0.15, -0.1) is 0 Å². The molecule has 0 radical (unpaired) electrons. The van der Waals surface area contributed by atoms with Gasteiger partial charge in [0.1, 0.15) is 12.4 Å². The first-order valence-electron chi connectivity index (χ1n) is 6.28. The Labute approximate surface area is 104 Å². The molecule has 3 nitrogen and oxygen atoms in total. The highest BCUT2D eigenvalue weighted by Crippen LogP contribution is 2.18. The number of nitrogens with two attached hydrogens (primary N) is 1. The van der Waals surface area contributed by atoms with Crippen molar-refractivity contribution in [2.45, 2.75) is 33.2 Å².